The van der Waals surface area contributed by atoms with Crippen LogP contribution in [0.25, 0.3) is 0 Å². The molecule has 130 valence electrons. The van der Waals surface area contributed by atoms with Gasteiger partial charge in [-0.25, -0.2) is 0 Å². The molecule has 0 radical (unpaired) electrons. The molecule has 2 fully saturated rings. The second kappa shape index (κ2) is 8.02. The van der Waals surface area contributed by atoms with Crippen molar-refractivity contribution >= 4 is 23.4 Å². The Morgan fingerprint density at radius 2 is 2.12 bits per heavy atom. The van der Waals surface area contributed by atoms with E-state index in [1.165, 1.54) is 5.56 Å². The first-order chi connectivity index (χ1) is 11.6. The van der Waals surface area contributed by atoms with Crippen molar-refractivity contribution < 1.29 is 9.59 Å². The molecule has 0 saturated carbocycles. The minimum Gasteiger partial charge on any atom is -0.343 e. The average Bonchev–Trinajstić information content (AvgIpc) is 3.07. The van der Waals surface area contributed by atoms with Crippen LogP contribution in [0.4, 0.5) is 0 Å². The summed E-state index contributed by atoms with van der Waals surface area (Å²) in [4.78, 5) is 28.1. The van der Waals surface area contributed by atoms with Crippen LogP contribution in [0.3, 0.4) is 0 Å². The Morgan fingerprint density at radius 1 is 1.25 bits per heavy atom. The molecule has 2 amide bonds. The lowest BCUT2D eigenvalue weighted by atomic mass is 9.99. The van der Waals surface area contributed by atoms with E-state index in [2.05, 4.69) is 6.07 Å². The molecule has 1 aromatic rings. The van der Waals surface area contributed by atoms with Gasteiger partial charge < -0.3 is 9.80 Å². The molecule has 2 aliphatic rings. The Labute approximate surface area is 148 Å². The number of hydrogen-bond donors (Lipinski definition) is 0. The number of nitrogens with zero attached hydrogens (tertiary/aromatic N) is 2. The monoisotopic (exact) mass is 348 g/mol. The van der Waals surface area contributed by atoms with Crippen molar-refractivity contribution in [2.24, 2.45) is 0 Å². The molecule has 0 unspecified atom stereocenters. The molecule has 1 aromatic carbocycles. The molecule has 0 aromatic heterocycles. The molecule has 2 heterocycles. The van der Waals surface area contributed by atoms with Gasteiger partial charge in [0.1, 0.15) is 0 Å². The van der Waals surface area contributed by atoms with Gasteiger partial charge in [-0.3, -0.25) is 9.59 Å². The van der Waals surface area contributed by atoms with E-state index in [1.54, 1.807) is 0 Å². The maximum Gasteiger partial charge on any atom is 0.222 e. The summed E-state index contributed by atoms with van der Waals surface area (Å²) < 4.78 is 0. The molecule has 2 aliphatic heterocycles. The fourth-order valence-electron chi connectivity index (χ4n) is 3.70. The summed E-state index contributed by atoms with van der Waals surface area (Å²) in [6.07, 6.45) is 5.06. The minimum absolute atomic E-state index is 0.212. The molecule has 5 heteroatoms. The van der Waals surface area contributed by atoms with E-state index in [9.17, 15) is 9.59 Å². The molecular weight excluding hydrogens is 324 g/mol. The van der Waals surface area contributed by atoms with E-state index < -0.39 is 0 Å². The van der Waals surface area contributed by atoms with Crippen molar-refractivity contribution in [2.45, 2.75) is 44.4 Å². The third kappa shape index (κ3) is 4.29. The molecule has 4 nitrogen and oxygen atoms in total. The molecule has 2 saturated heterocycles. The lowest BCUT2D eigenvalue weighted by Crippen LogP contribution is -2.36. The zero-order chi connectivity index (χ0) is 16.9. The van der Waals surface area contributed by atoms with Crippen molar-refractivity contribution in [3.63, 3.8) is 0 Å². The van der Waals surface area contributed by atoms with E-state index in [0.29, 0.717) is 18.8 Å². The third-order valence-corrected chi connectivity index (χ3v) is 5.34. The summed E-state index contributed by atoms with van der Waals surface area (Å²) in [5.74, 6) is 0.844. The Kier molecular flexibility index (Phi) is 5.77. The van der Waals surface area contributed by atoms with Gasteiger partial charge in [-0.2, -0.15) is 0 Å². The van der Waals surface area contributed by atoms with Crippen LogP contribution in [0.1, 0.15) is 50.0 Å². The maximum absolute atomic E-state index is 12.4. The number of likely N-dealkylation sites (tertiary alicyclic amines) is 2. The minimum atomic E-state index is 0.212. The Bertz CT molecular complexity index is 605. The Hall–Kier alpha value is -1.55. The molecule has 1 atom stereocenters. The normalized spacial score (nSPS) is 21.4. The molecule has 0 bridgehead atoms. The first-order valence-electron chi connectivity index (χ1n) is 8.94. The zero-order valence-corrected chi connectivity index (χ0v) is 14.8. The van der Waals surface area contributed by atoms with Crippen molar-refractivity contribution in [2.75, 3.05) is 26.2 Å². The lowest BCUT2D eigenvalue weighted by Gasteiger charge is -2.26. The van der Waals surface area contributed by atoms with Gasteiger partial charge in [-0.1, -0.05) is 23.7 Å². The Morgan fingerprint density at radius 3 is 2.92 bits per heavy atom. The van der Waals surface area contributed by atoms with Gasteiger partial charge in [0.25, 0.3) is 0 Å². The Balaban J connectivity index is 1.44. The number of piperidine rings is 1. The predicted octanol–water partition coefficient (Wildman–Crippen LogP) is 3.45. The van der Waals surface area contributed by atoms with Crippen LogP contribution in [0.15, 0.2) is 24.3 Å². The summed E-state index contributed by atoms with van der Waals surface area (Å²) in [6.45, 7) is 3.17. The number of carbonyl (C=O) groups is 2. The second-order valence-corrected chi connectivity index (χ2v) is 7.26. The van der Waals surface area contributed by atoms with Crippen LogP contribution in [0, 0.1) is 0 Å². The van der Waals surface area contributed by atoms with Crippen LogP contribution in [0.5, 0.6) is 0 Å². The van der Waals surface area contributed by atoms with E-state index in [4.69, 9.17) is 11.6 Å². The summed E-state index contributed by atoms with van der Waals surface area (Å²) in [5.41, 5.74) is 1.22. The SMILES string of the molecule is O=C1CCCCN1CCCC(=O)N1CC[C@H](c2cccc(Cl)c2)C1. The van der Waals surface area contributed by atoms with Crippen LogP contribution in [0.2, 0.25) is 5.02 Å². The maximum atomic E-state index is 12.4. The molecule has 0 N–H and O–H groups in total. The summed E-state index contributed by atoms with van der Waals surface area (Å²) in [5, 5.41) is 0.753. The molecule has 24 heavy (non-hydrogen) atoms. The third-order valence-electron chi connectivity index (χ3n) is 5.10. The van der Waals surface area contributed by atoms with Gasteiger partial charge >= 0.3 is 0 Å². The van der Waals surface area contributed by atoms with Gasteiger partial charge in [-0.05, 0) is 43.4 Å². The summed E-state index contributed by atoms with van der Waals surface area (Å²) in [6, 6.07) is 7.94. The van der Waals surface area contributed by atoms with Crippen molar-refractivity contribution in [1.29, 1.82) is 0 Å². The fourth-order valence-corrected chi connectivity index (χ4v) is 3.90. The molecule has 3 rings (SSSR count). The lowest BCUT2D eigenvalue weighted by molar-refractivity contribution is -0.134. The quantitative estimate of drug-likeness (QED) is 0.817. The molecular formula is C19H25ClN2O2. The molecule has 0 aliphatic carbocycles. The number of halogens is 1. The van der Waals surface area contributed by atoms with Gasteiger partial charge in [0, 0.05) is 50.0 Å². The van der Waals surface area contributed by atoms with Gasteiger partial charge in [0.05, 0.1) is 0 Å². The van der Waals surface area contributed by atoms with Crippen LogP contribution < -0.4 is 0 Å². The van der Waals surface area contributed by atoms with Crippen LogP contribution in [-0.4, -0.2) is 47.8 Å². The average molecular weight is 349 g/mol. The van der Waals surface area contributed by atoms with E-state index in [1.807, 2.05) is 28.0 Å². The highest BCUT2D eigenvalue weighted by molar-refractivity contribution is 6.30. The van der Waals surface area contributed by atoms with E-state index in [0.717, 1.165) is 56.9 Å². The van der Waals surface area contributed by atoms with E-state index >= 15 is 0 Å². The number of carbonyl (C=O) groups excluding carboxylic acids is 2. The van der Waals surface area contributed by atoms with Crippen LogP contribution >= 0.6 is 11.6 Å². The van der Waals surface area contributed by atoms with E-state index in [-0.39, 0.29) is 11.8 Å². The highest BCUT2D eigenvalue weighted by Gasteiger charge is 2.27. The number of hydrogen-bond acceptors (Lipinski definition) is 2. The van der Waals surface area contributed by atoms with Gasteiger partial charge in [-0.15, -0.1) is 0 Å². The zero-order valence-electron chi connectivity index (χ0n) is 14.0. The van der Waals surface area contributed by atoms with Crippen LogP contribution in [-0.2, 0) is 9.59 Å². The van der Waals surface area contributed by atoms with Gasteiger partial charge in [0.15, 0.2) is 0 Å². The number of rotatable bonds is 5. The standard InChI is InChI=1S/C19H25ClN2O2/c20-17-6-3-5-15(13-17)16-9-12-22(14-16)19(24)8-4-11-21-10-2-1-7-18(21)23/h3,5-6,13,16H,1-2,4,7-12,14H2/t16-/m0/s1. The smallest absolute Gasteiger partial charge is 0.222 e. The fraction of sp³-hybridized carbons (Fsp3) is 0.579. The van der Waals surface area contributed by atoms with Crippen molar-refractivity contribution in [3.8, 4) is 0 Å². The number of benzene rings is 1. The van der Waals surface area contributed by atoms with Crippen molar-refractivity contribution in [1.82, 2.24) is 9.80 Å². The first kappa shape index (κ1) is 17.3. The number of amides is 2. The van der Waals surface area contributed by atoms with Crippen molar-refractivity contribution in [3.05, 3.63) is 34.9 Å². The topological polar surface area (TPSA) is 40.6 Å². The predicted molar refractivity (Wildman–Crippen MR) is 95.1 cm³/mol. The molecule has 0 spiro atoms. The summed E-state index contributed by atoms with van der Waals surface area (Å²) in [7, 11) is 0. The largest absolute Gasteiger partial charge is 0.343 e. The second-order valence-electron chi connectivity index (χ2n) is 6.82. The highest BCUT2D eigenvalue weighted by atomic mass is 35.5. The summed E-state index contributed by atoms with van der Waals surface area (Å²) >= 11 is 6.06. The van der Waals surface area contributed by atoms with Gasteiger partial charge in [0.2, 0.25) is 11.8 Å². The highest BCUT2D eigenvalue weighted by Crippen LogP contribution is 2.29. The first-order valence-corrected chi connectivity index (χ1v) is 9.32.